The van der Waals surface area contributed by atoms with Gasteiger partial charge in [-0.2, -0.15) is 0 Å². The molecular formula is C22H28N2O4. The molecule has 28 heavy (non-hydrogen) atoms. The topological polar surface area (TPSA) is 90.8 Å². The fraction of sp³-hybridized carbons (Fsp3) is 0.500. The van der Waals surface area contributed by atoms with Crippen molar-refractivity contribution < 1.29 is 19.7 Å². The average molecular weight is 384 g/mol. The lowest BCUT2D eigenvalue weighted by Gasteiger charge is -2.24. The summed E-state index contributed by atoms with van der Waals surface area (Å²) in [7, 11) is 0. The van der Waals surface area contributed by atoms with Gasteiger partial charge in [0.2, 0.25) is 0 Å². The number of carbonyl (C=O) groups is 1. The molecule has 2 aromatic rings. The summed E-state index contributed by atoms with van der Waals surface area (Å²) in [5, 5.41) is 28.7. The van der Waals surface area contributed by atoms with Gasteiger partial charge in [-0.15, -0.1) is 0 Å². The van der Waals surface area contributed by atoms with Crippen LogP contribution < -0.4 is 10.6 Å². The van der Waals surface area contributed by atoms with E-state index >= 15 is 0 Å². The second kappa shape index (κ2) is 7.79. The first kappa shape index (κ1) is 19.3. The number of carboxylic acid groups (broad SMARTS) is 1. The number of nitrogens with one attached hydrogen (secondary N) is 2. The maximum absolute atomic E-state index is 11.6. The van der Waals surface area contributed by atoms with Crippen LogP contribution in [0.25, 0.3) is 10.8 Å². The lowest BCUT2D eigenvalue weighted by Crippen LogP contribution is -2.54. The highest BCUT2D eigenvalue weighted by Crippen LogP contribution is 2.46. The minimum absolute atomic E-state index is 0.0117. The molecule has 5 atom stereocenters. The van der Waals surface area contributed by atoms with Crippen molar-refractivity contribution in [2.24, 2.45) is 5.92 Å². The molecule has 1 aliphatic carbocycles. The molecule has 6 nitrogen and oxygen atoms in total. The molecule has 0 bridgehead atoms. The van der Waals surface area contributed by atoms with Crippen LogP contribution in [-0.2, 0) is 16.1 Å². The molecule has 1 saturated heterocycles. The van der Waals surface area contributed by atoms with Crippen molar-refractivity contribution >= 4 is 16.7 Å². The summed E-state index contributed by atoms with van der Waals surface area (Å²) in [5.74, 6) is -0.792. The summed E-state index contributed by atoms with van der Waals surface area (Å²) in [5.41, 5.74) is 0.173. The molecule has 1 saturated carbocycles. The van der Waals surface area contributed by atoms with Gasteiger partial charge in [0.05, 0.1) is 12.7 Å². The van der Waals surface area contributed by atoms with Gasteiger partial charge in [-0.3, -0.25) is 10.1 Å². The van der Waals surface area contributed by atoms with E-state index in [1.54, 1.807) is 0 Å². The zero-order valence-electron chi connectivity index (χ0n) is 16.1. The van der Waals surface area contributed by atoms with Crippen molar-refractivity contribution in [2.75, 3.05) is 6.54 Å². The molecule has 2 unspecified atom stereocenters. The van der Waals surface area contributed by atoms with Crippen LogP contribution in [0.3, 0.4) is 0 Å². The van der Waals surface area contributed by atoms with Crippen molar-refractivity contribution in [2.45, 2.75) is 56.7 Å². The first-order valence-electron chi connectivity index (χ1n) is 10.0. The van der Waals surface area contributed by atoms with Crippen LogP contribution in [0.1, 0.15) is 31.7 Å². The van der Waals surface area contributed by atoms with Crippen molar-refractivity contribution in [1.29, 1.82) is 0 Å². The van der Waals surface area contributed by atoms with Gasteiger partial charge in [0.25, 0.3) is 0 Å². The predicted molar refractivity (Wildman–Crippen MR) is 107 cm³/mol. The van der Waals surface area contributed by atoms with Gasteiger partial charge in [-0.05, 0) is 35.1 Å². The average Bonchev–Trinajstić information content (AvgIpc) is 3.22. The van der Waals surface area contributed by atoms with Crippen molar-refractivity contribution in [3.05, 3.63) is 48.0 Å². The molecule has 1 heterocycles. The standard InChI is InChI=1S/C22H28N2O4/c1-2-16-11-22(16,21(26)27)24-20(25)19-10-17(12-23-19)28-13-15-8-5-7-14-6-3-4-9-18(14)15/h3-9,16-17,19-20,23-25H,2,10-13H2,1H3,(H,26,27)/t16?,17-,19+,20?,22-/m1/s1. The molecule has 2 fully saturated rings. The lowest BCUT2D eigenvalue weighted by molar-refractivity contribution is -0.142. The van der Waals surface area contributed by atoms with E-state index in [4.69, 9.17) is 4.74 Å². The Morgan fingerprint density at radius 2 is 2.11 bits per heavy atom. The van der Waals surface area contributed by atoms with Crippen LogP contribution in [0.2, 0.25) is 0 Å². The van der Waals surface area contributed by atoms with E-state index in [9.17, 15) is 15.0 Å². The first-order chi connectivity index (χ1) is 13.5. The van der Waals surface area contributed by atoms with E-state index < -0.39 is 17.7 Å². The third kappa shape index (κ3) is 3.65. The molecule has 1 aliphatic heterocycles. The SMILES string of the molecule is CCC1C[C@]1(NC(O)[C@@H]1C[C@@H](OCc2cccc3ccccc23)CN1)C(=O)O. The summed E-state index contributed by atoms with van der Waals surface area (Å²) in [6, 6.07) is 14.2. The molecule has 4 rings (SSSR count). The van der Waals surface area contributed by atoms with Gasteiger partial charge in [0.15, 0.2) is 0 Å². The van der Waals surface area contributed by atoms with Gasteiger partial charge in [-0.1, -0.05) is 55.8 Å². The van der Waals surface area contributed by atoms with Gasteiger partial charge in [0.1, 0.15) is 11.8 Å². The third-order valence-electron chi connectivity index (χ3n) is 6.25. The number of hydrogen-bond donors (Lipinski definition) is 4. The minimum Gasteiger partial charge on any atom is -0.480 e. The lowest BCUT2D eigenvalue weighted by atomic mass is 10.1. The first-order valence-corrected chi connectivity index (χ1v) is 10.0. The zero-order chi connectivity index (χ0) is 19.7. The highest BCUT2D eigenvalue weighted by Gasteiger charge is 2.60. The Hall–Kier alpha value is -1.99. The Balaban J connectivity index is 1.32. The number of ether oxygens (including phenoxy) is 1. The van der Waals surface area contributed by atoms with E-state index in [0.717, 1.165) is 12.0 Å². The van der Waals surface area contributed by atoms with Gasteiger partial charge in [-0.25, -0.2) is 0 Å². The van der Waals surface area contributed by atoms with E-state index in [0.29, 0.717) is 26.0 Å². The van der Waals surface area contributed by atoms with E-state index in [-0.39, 0.29) is 18.1 Å². The van der Waals surface area contributed by atoms with E-state index in [1.165, 1.54) is 10.8 Å². The maximum atomic E-state index is 11.6. The summed E-state index contributed by atoms with van der Waals surface area (Å²) in [6.07, 6.45) is 1.09. The molecule has 4 N–H and O–H groups in total. The molecule has 0 spiro atoms. The van der Waals surface area contributed by atoms with Crippen LogP contribution in [0.15, 0.2) is 42.5 Å². The second-order valence-electron chi connectivity index (χ2n) is 8.00. The van der Waals surface area contributed by atoms with Crippen molar-refractivity contribution in [3.8, 4) is 0 Å². The van der Waals surface area contributed by atoms with Gasteiger partial charge in [0, 0.05) is 12.6 Å². The largest absolute Gasteiger partial charge is 0.480 e. The summed E-state index contributed by atoms with van der Waals surface area (Å²) in [4.78, 5) is 11.6. The molecule has 150 valence electrons. The highest BCUT2D eigenvalue weighted by molar-refractivity contribution is 5.85. The van der Waals surface area contributed by atoms with Crippen LogP contribution in [0.5, 0.6) is 0 Å². The molecule has 0 amide bonds. The second-order valence-corrected chi connectivity index (χ2v) is 8.00. The number of aliphatic hydroxyl groups excluding tert-OH is 1. The monoisotopic (exact) mass is 384 g/mol. The number of aliphatic hydroxyl groups is 1. The van der Waals surface area contributed by atoms with Crippen LogP contribution >= 0.6 is 0 Å². The molecule has 0 radical (unpaired) electrons. The maximum Gasteiger partial charge on any atom is 0.324 e. The van der Waals surface area contributed by atoms with Crippen LogP contribution in [0, 0.1) is 5.92 Å². The molecule has 0 aromatic heterocycles. The Morgan fingerprint density at radius 1 is 1.32 bits per heavy atom. The summed E-state index contributed by atoms with van der Waals surface area (Å²) >= 11 is 0. The number of benzene rings is 2. The number of aliphatic carboxylic acids is 1. The van der Waals surface area contributed by atoms with Crippen LogP contribution in [-0.4, -0.2) is 46.6 Å². The fourth-order valence-corrected chi connectivity index (χ4v) is 4.41. The fourth-order valence-electron chi connectivity index (χ4n) is 4.41. The van der Waals surface area contributed by atoms with E-state index in [1.807, 2.05) is 25.1 Å². The highest BCUT2D eigenvalue weighted by atomic mass is 16.5. The molecular weight excluding hydrogens is 356 g/mol. The Bertz CT molecular complexity index is 852. The molecule has 2 aromatic carbocycles. The Morgan fingerprint density at radius 3 is 2.86 bits per heavy atom. The summed E-state index contributed by atoms with van der Waals surface area (Å²) < 4.78 is 6.10. The Kier molecular flexibility index (Phi) is 5.38. The van der Waals surface area contributed by atoms with Gasteiger partial charge >= 0.3 is 5.97 Å². The normalized spacial score (nSPS) is 30.4. The number of carboxylic acids is 1. The molecule has 6 heteroatoms. The minimum atomic E-state index is -0.974. The molecule has 2 aliphatic rings. The predicted octanol–water partition coefficient (Wildman–Crippen LogP) is 2.25. The van der Waals surface area contributed by atoms with Crippen molar-refractivity contribution in [1.82, 2.24) is 10.6 Å². The third-order valence-corrected chi connectivity index (χ3v) is 6.25. The smallest absolute Gasteiger partial charge is 0.324 e. The number of fused-ring (bicyclic) bond motifs is 1. The van der Waals surface area contributed by atoms with E-state index in [2.05, 4.69) is 34.9 Å². The Labute approximate surface area is 164 Å². The zero-order valence-corrected chi connectivity index (χ0v) is 16.1. The van der Waals surface area contributed by atoms with Crippen molar-refractivity contribution in [3.63, 3.8) is 0 Å². The quantitative estimate of drug-likeness (QED) is 0.522. The number of hydrogen-bond acceptors (Lipinski definition) is 5. The summed E-state index contributed by atoms with van der Waals surface area (Å²) in [6.45, 7) is 3.14. The number of rotatable bonds is 8. The van der Waals surface area contributed by atoms with Crippen LogP contribution in [0.4, 0.5) is 0 Å². The van der Waals surface area contributed by atoms with Gasteiger partial charge < -0.3 is 20.3 Å².